The van der Waals surface area contributed by atoms with Crippen LogP contribution in [0.15, 0.2) is 42.5 Å². The summed E-state index contributed by atoms with van der Waals surface area (Å²) in [7, 11) is 0. The minimum Gasteiger partial charge on any atom is -0.460 e. The lowest BCUT2D eigenvalue weighted by molar-refractivity contribution is -0.165. The molecule has 0 aromatic heterocycles. The van der Waals surface area contributed by atoms with E-state index in [1.165, 1.54) is 0 Å². The highest BCUT2D eigenvalue weighted by atomic mass is 16.6. The van der Waals surface area contributed by atoms with Crippen LogP contribution in [-0.4, -0.2) is 29.1 Å². The van der Waals surface area contributed by atoms with E-state index < -0.39 is 29.6 Å². The molecule has 5 heteroatoms. The van der Waals surface area contributed by atoms with Crippen LogP contribution in [0.5, 0.6) is 0 Å². The van der Waals surface area contributed by atoms with E-state index in [0.717, 1.165) is 16.3 Å². The van der Waals surface area contributed by atoms with E-state index in [-0.39, 0.29) is 6.42 Å². The molecule has 0 aliphatic carbocycles. The fourth-order valence-corrected chi connectivity index (χ4v) is 2.89. The Kier molecular flexibility index (Phi) is 5.93. The first-order valence-corrected chi connectivity index (χ1v) is 8.32. The van der Waals surface area contributed by atoms with Crippen LogP contribution in [0.4, 0.5) is 0 Å². The van der Waals surface area contributed by atoms with E-state index in [4.69, 9.17) is 10.5 Å². The van der Waals surface area contributed by atoms with Gasteiger partial charge < -0.3 is 20.4 Å². The lowest BCUT2D eigenvalue weighted by Crippen LogP contribution is -2.41. The standard InChI is InChI=1S/C20H25NO4/c1-20(2,3)25-19(24)17(16(23)11-12-22)18(21)15-10-6-8-13-7-4-5-9-14(13)15/h4-10,12,16-18,23H,11,21H2,1-3H3/t16-,17?,18-/m0/s1. The summed E-state index contributed by atoms with van der Waals surface area (Å²) in [5, 5.41) is 12.3. The third-order valence-electron chi connectivity index (χ3n) is 4.00. The first-order chi connectivity index (χ1) is 11.7. The number of carbonyl (C=O) groups excluding carboxylic acids is 2. The van der Waals surface area contributed by atoms with Gasteiger partial charge in [0.1, 0.15) is 17.8 Å². The molecular formula is C20H25NO4. The van der Waals surface area contributed by atoms with Crippen LogP contribution < -0.4 is 5.73 Å². The van der Waals surface area contributed by atoms with E-state index in [1.807, 2.05) is 42.5 Å². The number of carbonyl (C=O) groups is 2. The average molecular weight is 343 g/mol. The molecule has 2 aromatic rings. The predicted octanol–water partition coefficient (Wildman–Crippen LogP) is 2.75. The van der Waals surface area contributed by atoms with E-state index in [9.17, 15) is 14.7 Å². The maximum atomic E-state index is 12.6. The second-order valence-electron chi connectivity index (χ2n) is 7.12. The maximum Gasteiger partial charge on any atom is 0.314 e. The van der Waals surface area contributed by atoms with Crippen LogP contribution in [0.25, 0.3) is 10.8 Å². The number of aldehydes is 1. The van der Waals surface area contributed by atoms with Gasteiger partial charge in [-0.05, 0) is 37.1 Å². The van der Waals surface area contributed by atoms with Crippen LogP contribution in [0.2, 0.25) is 0 Å². The molecule has 0 heterocycles. The SMILES string of the molecule is CC(C)(C)OC(=O)C([C@@H](O)CC=O)[C@@H](N)c1cccc2ccccc12. The summed E-state index contributed by atoms with van der Waals surface area (Å²) in [6.07, 6.45) is -0.804. The van der Waals surface area contributed by atoms with Gasteiger partial charge in [0.05, 0.1) is 6.10 Å². The van der Waals surface area contributed by atoms with Gasteiger partial charge in [-0.2, -0.15) is 0 Å². The molecule has 2 rings (SSSR count). The third kappa shape index (κ3) is 4.65. The normalized spacial score (nSPS) is 15.4. The Labute approximate surface area is 147 Å². The molecule has 0 radical (unpaired) electrons. The van der Waals surface area contributed by atoms with Crippen LogP contribution in [-0.2, 0) is 14.3 Å². The van der Waals surface area contributed by atoms with Crippen molar-refractivity contribution in [3.8, 4) is 0 Å². The number of nitrogens with two attached hydrogens (primary N) is 1. The summed E-state index contributed by atoms with van der Waals surface area (Å²) in [6, 6.07) is 12.5. The van der Waals surface area contributed by atoms with Crippen molar-refractivity contribution in [3.05, 3.63) is 48.0 Å². The minimum atomic E-state index is -1.21. The number of hydrogen-bond acceptors (Lipinski definition) is 5. The van der Waals surface area contributed by atoms with Gasteiger partial charge in [-0.25, -0.2) is 0 Å². The van der Waals surface area contributed by atoms with Crippen molar-refractivity contribution in [2.75, 3.05) is 0 Å². The molecule has 0 fully saturated rings. The molecule has 0 saturated carbocycles. The Bertz CT molecular complexity index is 745. The number of esters is 1. The summed E-state index contributed by atoms with van der Waals surface area (Å²) in [6.45, 7) is 5.24. The number of rotatable bonds is 6. The smallest absolute Gasteiger partial charge is 0.314 e. The van der Waals surface area contributed by atoms with Crippen LogP contribution in [0.1, 0.15) is 38.8 Å². The van der Waals surface area contributed by atoms with Crippen LogP contribution >= 0.6 is 0 Å². The highest BCUT2D eigenvalue weighted by Gasteiger charge is 2.37. The largest absolute Gasteiger partial charge is 0.460 e. The summed E-state index contributed by atoms with van der Waals surface area (Å²) >= 11 is 0. The van der Waals surface area contributed by atoms with Gasteiger partial charge in [-0.15, -0.1) is 0 Å². The fourth-order valence-electron chi connectivity index (χ4n) is 2.89. The van der Waals surface area contributed by atoms with Crippen molar-refractivity contribution < 1.29 is 19.4 Å². The van der Waals surface area contributed by atoms with Gasteiger partial charge in [0, 0.05) is 12.5 Å². The van der Waals surface area contributed by atoms with Crippen molar-refractivity contribution >= 4 is 23.0 Å². The summed E-state index contributed by atoms with van der Waals surface area (Å²) < 4.78 is 5.43. The zero-order valence-corrected chi connectivity index (χ0v) is 14.8. The molecule has 0 aliphatic heterocycles. The molecule has 5 nitrogen and oxygen atoms in total. The summed E-state index contributed by atoms with van der Waals surface area (Å²) in [4.78, 5) is 23.5. The summed E-state index contributed by atoms with van der Waals surface area (Å²) in [5.41, 5.74) is 6.40. The van der Waals surface area contributed by atoms with Gasteiger partial charge in [-0.3, -0.25) is 4.79 Å². The molecule has 2 aromatic carbocycles. The Balaban J connectivity index is 2.44. The Morgan fingerprint density at radius 1 is 1.20 bits per heavy atom. The fraction of sp³-hybridized carbons (Fsp3) is 0.400. The van der Waals surface area contributed by atoms with Crippen LogP contribution in [0.3, 0.4) is 0 Å². The van der Waals surface area contributed by atoms with Gasteiger partial charge in [0.25, 0.3) is 0 Å². The zero-order valence-electron chi connectivity index (χ0n) is 14.8. The molecule has 3 N–H and O–H groups in total. The first-order valence-electron chi connectivity index (χ1n) is 8.32. The quantitative estimate of drug-likeness (QED) is 0.622. The number of aliphatic hydroxyl groups excluding tert-OH is 1. The molecule has 25 heavy (non-hydrogen) atoms. The van der Waals surface area contributed by atoms with Crippen molar-refractivity contribution in [1.82, 2.24) is 0 Å². The number of aliphatic hydroxyl groups is 1. The molecule has 134 valence electrons. The summed E-state index contributed by atoms with van der Waals surface area (Å²) in [5.74, 6) is -1.64. The Morgan fingerprint density at radius 2 is 1.84 bits per heavy atom. The van der Waals surface area contributed by atoms with Crippen molar-refractivity contribution in [3.63, 3.8) is 0 Å². The van der Waals surface area contributed by atoms with Gasteiger partial charge in [-0.1, -0.05) is 42.5 Å². The molecular weight excluding hydrogens is 318 g/mol. The Morgan fingerprint density at radius 3 is 2.48 bits per heavy atom. The van der Waals surface area contributed by atoms with Gasteiger partial charge >= 0.3 is 5.97 Å². The van der Waals surface area contributed by atoms with E-state index in [1.54, 1.807) is 20.8 Å². The first kappa shape index (κ1) is 19.1. The minimum absolute atomic E-state index is 0.178. The van der Waals surface area contributed by atoms with Crippen molar-refractivity contribution in [1.29, 1.82) is 0 Å². The average Bonchev–Trinajstić information content (AvgIpc) is 2.53. The predicted molar refractivity (Wildman–Crippen MR) is 96.9 cm³/mol. The molecule has 3 atom stereocenters. The molecule has 0 saturated heterocycles. The van der Waals surface area contributed by atoms with Crippen LogP contribution in [0, 0.1) is 5.92 Å². The number of ether oxygens (including phenoxy) is 1. The lowest BCUT2D eigenvalue weighted by atomic mass is 9.85. The monoisotopic (exact) mass is 343 g/mol. The molecule has 0 spiro atoms. The van der Waals surface area contributed by atoms with Crippen molar-refractivity contribution in [2.24, 2.45) is 11.7 Å². The third-order valence-corrected chi connectivity index (χ3v) is 4.00. The topological polar surface area (TPSA) is 89.6 Å². The van der Waals surface area contributed by atoms with Crippen molar-refractivity contribution in [2.45, 2.75) is 44.9 Å². The number of hydrogen-bond donors (Lipinski definition) is 2. The van der Waals surface area contributed by atoms with Gasteiger partial charge in [0.2, 0.25) is 0 Å². The molecule has 0 aliphatic rings. The number of benzene rings is 2. The second-order valence-corrected chi connectivity index (χ2v) is 7.12. The zero-order chi connectivity index (χ0) is 18.6. The highest BCUT2D eigenvalue weighted by Crippen LogP contribution is 2.31. The molecule has 0 bridgehead atoms. The highest BCUT2D eigenvalue weighted by molar-refractivity contribution is 5.87. The molecule has 0 amide bonds. The van der Waals surface area contributed by atoms with E-state index in [0.29, 0.717) is 6.29 Å². The Hall–Kier alpha value is -2.24. The second kappa shape index (κ2) is 7.76. The van der Waals surface area contributed by atoms with E-state index >= 15 is 0 Å². The number of fused-ring (bicyclic) bond motifs is 1. The molecule has 1 unspecified atom stereocenters. The van der Waals surface area contributed by atoms with E-state index in [2.05, 4.69) is 0 Å². The van der Waals surface area contributed by atoms with Gasteiger partial charge in [0.15, 0.2) is 0 Å². The lowest BCUT2D eigenvalue weighted by Gasteiger charge is -2.30. The maximum absolute atomic E-state index is 12.6.